The second-order valence-electron chi connectivity index (χ2n) is 5.16. The first-order valence-corrected chi connectivity index (χ1v) is 7.06. The summed E-state index contributed by atoms with van der Waals surface area (Å²) in [5, 5.41) is 0. The highest BCUT2D eigenvalue weighted by Gasteiger charge is 2.38. The van der Waals surface area contributed by atoms with Crippen molar-refractivity contribution in [2.45, 2.75) is 24.9 Å². The SMILES string of the molecule is COCC[C@@H](C(=O)N1CCOCC1)N1CC[C@H](N)C1=O. The summed E-state index contributed by atoms with van der Waals surface area (Å²) < 4.78 is 10.3. The van der Waals surface area contributed by atoms with Crippen LogP contribution in [0.15, 0.2) is 0 Å². The first-order chi connectivity index (χ1) is 9.65. The Hall–Kier alpha value is -1.18. The lowest BCUT2D eigenvalue weighted by molar-refractivity contribution is -0.147. The van der Waals surface area contributed by atoms with Crippen LogP contribution in [0.4, 0.5) is 0 Å². The third-order valence-electron chi connectivity index (χ3n) is 3.86. The summed E-state index contributed by atoms with van der Waals surface area (Å²) >= 11 is 0. The maximum absolute atomic E-state index is 12.6. The molecule has 0 unspecified atom stereocenters. The number of methoxy groups -OCH3 is 1. The number of carbonyl (C=O) groups excluding carboxylic acids is 2. The van der Waals surface area contributed by atoms with Crippen LogP contribution >= 0.6 is 0 Å². The van der Waals surface area contributed by atoms with E-state index in [2.05, 4.69) is 0 Å². The van der Waals surface area contributed by atoms with E-state index in [1.54, 1.807) is 16.9 Å². The van der Waals surface area contributed by atoms with E-state index in [-0.39, 0.29) is 11.8 Å². The number of nitrogens with two attached hydrogens (primary N) is 1. The monoisotopic (exact) mass is 285 g/mol. The Balaban J connectivity index is 2.05. The molecule has 2 saturated heterocycles. The van der Waals surface area contributed by atoms with Gasteiger partial charge in [0.1, 0.15) is 6.04 Å². The van der Waals surface area contributed by atoms with E-state index in [9.17, 15) is 9.59 Å². The van der Waals surface area contributed by atoms with Crippen LogP contribution in [0.2, 0.25) is 0 Å². The second-order valence-corrected chi connectivity index (χ2v) is 5.16. The van der Waals surface area contributed by atoms with Gasteiger partial charge in [-0.3, -0.25) is 9.59 Å². The first kappa shape index (κ1) is 15.2. The summed E-state index contributed by atoms with van der Waals surface area (Å²) in [5.74, 6) is -0.152. The molecule has 2 rings (SSSR count). The van der Waals surface area contributed by atoms with E-state index in [0.29, 0.717) is 52.3 Å². The number of rotatable bonds is 5. The summed E-state index contributed by atoms with van der Waals surface area (Å²) in [6.07, 6.45) is 1.11. The van der Waals surface area contributed by atoms with Crippen molar-refractivity contribution >= 4 is 11.8 Å². The zero-order valence-electron chi connectivity index (χ0n) is 11.9. The Labute approximate surface area is 119 Å². The van der Waals surface area contributed by atoms with Crippen molar-refractivity contribution in [3.05, 3.63) is 0 Å². The second kappa shape index (κ2) is 7.01. The molecule has 7 nitrogen and oxygen atoms in total. The molecule has 0 radical (unpaired) electrons. The van der Waals surface area contributed by atoms with Gasteiger partial charge < -0.3 is 25.0 Å². The van der Waals surface area contributed by atoms with Gasteiger partial charge in [0.15, 0.2) is 0 Å². The smallest absolute Gasteiger partial charge is 0.245 e. The van der Waals surface area contributed by atoms with Crippen LogP contribution in [-0.2, 0) is 19.1 Å². The van der Waals surface area contributed by atoms with E-state index < -0.39 is 12.1 Å². The molecule has 7 heteroatoms. The molecule has 2 aliphatic heterocycles. The van der Waals surface area contributed by atoms with Gasteiger partial charge in [0.05, 0.1) is 19.3 Å². The fourth-order valence-corrected chi connectivity index (χ4v) is 2.67. The molecular formula is C13H23N3O4. The number of morpholine rings is 1. The van der Waals surface area contributed by atoms with Crippen LogP contribution in [-0.4, -0.2) is 80.3 Å². The van der Waals surface area contributed by atoms with E-state index >= 15 is 0 Å². The lowest BCUT2D eigenvalue weighted by Gasteiger charge is -2.34. The largest absolute Gasteiger partial charge is 0.385 e. The number of carbonyl (C=O) groups is 2. The molecule has 0 spiro atoms. The normalized spacial score (nSPS) is 25.1. The van der Waals surface area contributed by atoms with Gasteiger partial charge in [-0.25, -0.2) is 0 Å². The lowest BCUT2D eigenvalue weighted by Crippen LogP contribution is -2.53. The van der Waals surface area contributed by atoms with Gasteiger partial charge in [0.25, 0.3) is 0 Å². The summed E-state index contributed by atoms with van der Waals surface area (Å²) in [6.45, 7) is 3.25. The van der Waals surface area contributed by atoms with Crippen LogP contribution in [0.25, 0.3) is 0 Å². The van der Waals surface area contributed by atoms with Crippen molar-refractivity contribution in [3.8, 4) is 0 Å². The van der Waals surface area contributed by atoms with E-state index in [0.717, 1.165) is 0 Å². The van der Waals surface area contributed by atoms with Crippen molar-refractivity contribution in [1.82, 2.24) is 9.80 Å². The quantitative estimate of drug-likeness (QED) is 0.686. The zero-order valence-corrected chi connectivity index (χ0v) is 11.9. The predicted octanol–water partition coefficient (Wildman–Crippen LogP) is -1.19. The number of hydrogen-bond donors (Lipinski definition) is 1. The molecule has 0 aromatic carbocycles. The van der Waals surface area contributed by atoms with Gasteiger partial charge >= 0.3 is 0 Å². The van der Waals surface area contributed by atoms with Crippen LogP contribution in [0.1, 0.15) is 12.8 Å². The Morgan fingerprint density at radius 2 is 2.15 bits per heavy atom. The third kappa shape index (κ3) is 3.28. The Kier molecular flexibility index (Phi) is 5.33. The standard InChI is InChI=1S/C13H23N3O4/c1-19-7-3-11(16-4-2-10(14)12(16)17)13(18)15-5-8-20-9-6-15/h10-11H,2-9,14H2,1H3/t10-,11-/m0/s1. The Bertz CT molecular complexity index is 358. The summed E-state index contributed by atoms with van der Waals surface area (Å²) in [6, 6.07) is -0.938. The Morgan fingerprint density at radius 1 is 1.45 bits per heavy atom. The number of ether oxygens (including phenoxy) is 2. The molecule has 114 valence electrons. The average Bonchev–Trinajstić information content (AvgIpc) is 2.81. The minimum absolute atomic E-state index is 0.0206. The van der Waals surface area contributed by atoms with Gasteiger partial charge in [-0.1, -0.05) is 0 Å². The first-order valence-electron chi connectivity index (χ1n) is 7.06. The molecule has 0 aromatic rings. The van der Waals surface area contributed by atoms with Crippen molar-refractivity contribution in [3.63, 3.8) is 0 Å². The lowest BCUT2D eigenvalue weighted by atomic mass is 10.1. The van der Waals surface area contributed by atoms with Gasteiger partial charge in [-0.05, 0) is 6.42 Å². The van der Waals surface area contributed by atoms with Crippen LogP contribution in [0, 0.1) is 0 Å². The fourth-order valence-electron chi connectivity index (χ4n) is 2.67. The molecule has 2 aliphatic rings. The maximum Gasteiger partial charge on any atom is 0.245 e. The van der Waals surface area contributed by atoms with E-state index in [1.807, 2.05) is 0 Å². The van der Waals surface area contributed by atoms with Crippen LogP contribution in [0.5, 0.6) is 0 Å². The topological polar surface area (TPSA) is 85.1 Å². The number of amides is 2. The fraction of sp³-hybridized carbons (Fsp3) is 0.846. The molecule has 20 heavy (non-hydrogen) atoms. The van der Waals surface area contributed by atoms with Crippen LogP contribution in [0.3, 0.4) is 0 Å². The minimum atomic E-state index is -0.475. The summed E-state index contributed by atoms with van der Waals surface area (Å²) in [7, 11) is 1.59. The van der Waals surface area contributed by atoms with E-state index in [4.69, 9.17) is 15.2 Å². The molecular weight excluding hydrogens is 262 g/mol. The van der Waals surface area contributed by atoms with Crippen molar-refractivity contribution in [1.29, 1.82) is 0 Å². The number of nitrogens with zero attached hydrogens (tertiary/aromatic N) is 2. The molecule has 0 aliphatic carbocycles. The highest BCUT2D eigenvalue weighted by Crippen LogP contribution is 2.18. The van der Waals surface area contributed by atoms with Crippen molar-refractivity contribution in [2.75, 3.05) is 46.6 Å². The molecule has 2 fully saturated rings. The van der Waals surface area contributed by atoms with Gasteiger partial charge in [-0.15, -0.1) is 0 Å². The zero-order chi connectivity index (χ0) is 14.5. The summed E-state index contributed by atoms with van der Waals surface area (Å²) in [4.78, 5) is 28.1. The van der Waals surface area contributed by atoms with Crippen LogP contribution < -0.4 is 5.73 Å². The van der Waals surface area contributed by atoms with E-state index in [1.165, 1.54) is 0 Å². The average molecular weight is 285 g/mol. The molecule has 2 amide bonds. The Morgan fingerprint density at radius 3 is 2.70 bits per heavy atom. The highest BCUT2D eigenvalue weighted by atomic mass is 16.5. The molecule has 2 heterocycles. The minimum Gasteiger partial charge on any atom is -0.385 e. The predicted molar refractivity (Wildman–Crippen MR) is 72.0 cm³/mol. The highest BCUT2D eigenvalue weighted by molar-refractivity contribution is 5.91. The number of likely N-dealkylation sites (tertiary alicyclic amines) is 1. The van der Waals surface area contributed by atoms with Crippen molar-refractivity contribution in [2.24, 2.45) is 5.73 Å². The maximum atomic E-state index is 12.6. The van der Waals surface area contributed by atoms with Gasteiger partial charge in [-0.2, -0.15) is 0 Å². The molecule has 2 N–H and O–H groups in total. The van der Waals surface area contributed by atoms with Gasteiger partial charge in [0.2, 0.25) is 11.8 Å². The number of hydrogen-bond acceptors (Lipinski definition) is 5. The molecule has 0 aromatic heterocycles. The van der Waals surface area contributed by atoms with Crippen molar-refractivity contribution < 1.29 is 19.1 Å². The molecule has 0 saturated carbocycles. The van der Waals surface area contributed by atoms with Gasteiger partial charge in [0, 0.05) is 39.8 Å². The molecule has 0 bridgehead atoms. The third-order valence-corrected chi connectivity index (χ3v) is 3.86. The summed E-state index contributed by atoms with van der Waals surface area (Å²) in [5.41, 5.74) is 5.75. The molecule has 2 atom stereocenters.